The number of benzene rings is 2. The van der Waals surface area contributed by atoms with Gasteiger partial charge in [-0.3, -0.25) is 0 Å². The molecular formula is C20H18N2O2. The quantitative estimate of drug-likeness (QED) is 0.703. The highest BCUT2D eigenvalue weighted by atomic mass is 16.5. The van der Waals surface area contributed by atoms with Crippen LogP contribution in [0.4, 0.5) is 0 Å². The first-order valence-corrected chi connectivity index (χ1v) is 7.75. The van der Waals surface area contributed by atoms with E-state index in [1.54, 1.807) is 13.2 Å². The SMILES string of the molecule is CCOc1cc(/C(=C/C#N)c2ccc3cc[nH]c3c2)ccc1OC. The summed E-state index contributed by atoms with van der Waals surface area (Å²) in [5.41, 5.74) is 3.76. The Morgan fingerprint density at radius 3 is 2.67 bits per heavy atom. The highest BCUT2D eigenvalue weighted by Crippen LogP contribution is 2.33. The van der Waals surface area contributed by atoms with Crippen LogP contribution in [0.1, 0.15) is 18.1 Å². The van der Waals surface area contributed by atoms with Crippen molar-refractivity contribution in [2.75, 3.05) is 13.7 Å². The molecule has 0 aliphatic heterocycles. The summed E-state index contributed by atoms with van der Waals surface area (Å²) in [5, 5.41) is 10.4. The Kier molecular flexibility index (Phi) is 4.53. The van der Waals surface area contributed by atoms with E-state index in [2.05, 4.69) is 11.1 Å². The fraction of sp³-hybridized carbons (Fsp3) is 0.150. The molecule has 0 aliphatic rings. The van der Waals surface area contributed by atoms with E-state index in [1.807, 2.05) is 55.6 Å². The second-order valence-corrected chi connectivity index (χ2v) is 5.27. The Morgan fingerprint density at radius 2 is 1.92 bits per heavy atom. The zero-order valence-electron chi connectivity index (χ0n) is 13.7. The molecule has 0 amide bonds. The molecule has 1 heterocycles. The molecule has 0 saturated heterocycles. The van der Waals surface area contributed by atoms with Crippen molar-refractivity contribution in [1.82, 2.24) is 4.98 Å². The highest BCUT2D eigenvalue weighted by molar-refractivity contribution is 5.88. The molecule has 4 heteroatoms. The maximum atomic E-state index is 9.22. The Morgan fingerprint density at radius 1 is 1.12 bits per heavy atom. The van der Waals surface area contributed by atoms with Gasteiger partial charge in [0.2, 0.25) is 0 Å². The minimum Gasteiger partial charge on any atom is -0.493 e. The van der Waals surface area contributed by atoms with Gasteiger partial charge in [0.1, 0.15) is 0 Å². The summed E-state index contributed by atoms with van der Waals surface area (Å²) in [6.07, 6.45) is 3.46. The normalized spacial score (nSPS) is 11.3. The molecule has 0 radical (unpaired) electrons. The smallest absolute Gasteiger partial charge is 0.161 e. The maximum Gasteiger partial charge on any atom is 0.161 e. The predicted molar refractivity (Wildman–Crippen MR) is 95.2 cm³/mol. The minimum atomic E-state index is 0.547. The molecule has 0 unspecified atom stereocenters. The summed E-state index contributed by atoms with van der Waals surface area (Å²) >= 11 is 0. The van der Waals surface area contributed by atoms with Gasteiger partial charge in [0.15, 0.2) is 11.5 Å². The highest BCUT2D eigenvalue weighted by Gasteiger charge is 2.11. The molecule has 3 aromatic rings. The van der Waals surface area contributed by atoms with Crippen LogP contribution in [0, 0.1) is 11.3 Å². The van der Waals surface area contributed by atoms with Gasteiger partial charge in [-0.2, -0.15) is 5.26 Å². The molecule has 1 N–H and O–H groups in total. The molecule has 2 aromatic carbocycles. The molecular weight excluding hydrogens is 300 g/mol. The molecule has 0 aliphatic carbocycles. The number of nitrogens with one attached hydrogen (secondary N) is 1. The van der Waals surface area contributed by atoms with Gasteiger partial charge in [0, 0.05) is 17.8 Å². The summed E-state index contributed by atoms with van der Waals surface area (Å²) < 4.78 is 11.0. The second kappa shape index (κ2) is 6.93. The summed E-state index contributed by atoms with van der Waals surface area (Å²) in [6, 6.07) is 16.0. The Hall–Kier alpha value is -3.19. The van der Waals surface area contributed by atoms with E-state index in [0.717, 1.165) is 27.6 Å². The van der Waals surface area contributed by atoms with Crippen molar-refractivity contribution in [3.8, 4) is 17.6 Å². The summed E-state index contributed by atoms with van der Waals surface area (Å²) in [5.74, 6) is 1.35. The number of ether oxygens (including phenoxy) is 2. The average Bonchev–Trinajstić information content (AvgIpc) is 3.07. The minimum absolute atomic E-state index is 0.547. The standard InChI is InChI=1S/C20H18N2O2/c1-3-24-20-13-16(6-7-19(20)23-2)17(8-10-21)15-5-4-14-9-11-22-18(14)12-15/h4-9,11-13,22H,3H2,1-2H3/b17-8+. The van der Waals surface area contributed by atoms with E-state index in [-0.39, 0.29) is 0 Å². The second-order valence-electron chi connectivity index (χ2n) is 5.27. The Balaban J connectivity index is 2.10. The van der Waals surface area contributed by atoms with Gasteiger partial charge in [-0.1, -0.05) is 18.2 Å². The van der Waals surface area contributed by atoms with E-state index >= 15 is 0 Å². The summed E-state index contributed by atoms with van der Waals surface area (Å²) in [4.78, 5) is 3.20. The lowest BCUT2D eigenvalue weighted by molar-refractivity contribution is 0.311. The van der Waals surface area contributed by atoms with Crippen molar-refractivity contribution in [3.63, 3.8) is 0 Å². The first-order valence-electron chi connectivity index (χ1n) is 7.75. The average molecular weight is 318 g/mol. The number of aromatic amines is 1. The Labute approximate surface area is 140 Å². The van der Waals surface area contributed by atoms with E-state index in [9.17, 15) is 5.26 Å². The monoisotopic (exact) mass is 318 g/mol. The number of rotatable bonds is 5. The number of H-pyrrole nitrogens is 1. The number of methoxy groups -OCH3 is 1. The number of hydrogen-bond donors (Lipinski definition) is 1. The van der Waals surface area contributed by atoms with Gasteiger partial charge in [-0.15, -0.1) is 0 Å². The summed E-state index contributed by atoms with van der Waals surface area (Å²) in [7, 11) is 1.61. The van der Waals surface area contributed by atoms with E-state index in [0.29, 0.717) is 18.1 Å². The third kappa shape index (κ3) is 2.97. The topological polar surface area (TPSA) is 58.0 Å². The first-order chi connectivity index (χ1) is 11.8. The van der Waals surface area contributed by atoms with Crippen LogP contribution in [0.2, 0.25) is 0 Å². The number of nitriles is 1. The van der Waals surface area contributed by atoms with Gasteiger partial charge < -0.3 is 14.5 Å². The molecule has 0 fully saturated rings. The first kappa shape index (κ1) is 15.7. The third-order valence-corrected chi connectivity index (χ3v) is 3.85. The van der Waals surface area contributed by atoms with E-state index in [4.69, 9.17) is 9.47 Å². The van der Waals surface area contributed by atoms with Crippen LogP contribution in [-0.2, 0) is 0 Å². The van der Waals surface area contributed by atoms with Crippen LogP contribution in [0.25, 0.3) is 16.5 Å². The van der Waals surface area contributed by atoms with Crippen LogP contribution >= 0.6 is 0 Å². The molecule has 24 heavy (non-hydrogen) atoms. The van der Waals surface area contributed by atoms with Crippen molar-refractivity contribution in [2.24, 2.45) is 0 Å². The Bertz CT molecular complexity index is 932. The number of aromatic nitrogens is 1. The van der Waals surface area contributed by atoms with Crippen molar-refractivity contribution in [2.45, 2.75) is 6.92 Å². The molecule has 0 spiro atoms. The fourth-order valence-corrected chi connectivity index (χ4v) is 2.73. The summed E-state index contributed by atoms with van der Waals surface area (Å²) in [6.45, 7) is 2.48. The number of fused-ring (bicyclic) bond motifs is 1. The largest absolute Gasteiger partial charge is 0.493 e. The number of nitrogens with zero attached hydrogens (tertiary/aromatic N) is 1. The molecule has 3 rings (SSSR count). The molecule has 4 nitrogen and oxygen atoms in total. The van der Waals surface area contributed by atoms with Crippen molar-refractivity contribution < 1.29 is 9.47 Å². The fourth-order valence-electron chi connectivity index (χ4n) is 2.73. The van der Waals surface area contributed by atoms with Gasteiger partial charge in [0.25, 0.3) is 0 Å². The van der Waals surface area contributed by atoms with E-state index < -0.39 is 0 Å². The van der Waals surface area contributed by atoms with Crippen molar-refractivity contribution in [3.05, 3.63) is 65.9 Å². The van der Waals surface area contributed by atoms with E-state index in [1.165, 1.54) is 0 Å². The number of hydrogen-bond acceptors (Lipinski definition) is 3. The lowest BCUT2D eigenvalue weighted by Crippen LogP contribution is -1.97. The number of allylic oxidation sites excluding steroid dienone is 1. The van der Waals surface area contributed by atoms with Crippen LogP contribution in [-0.4, -0.2) is 18.7 Å². The van der Waals surface area contributed by atoms with Gasteiger partial charge in [0.05, 0.1) is 19.8 Å². The van der Waals surface area contributed by atoms with Crippen LogP contribution in [0.5, 0.6) is 11.5 Å². The lowest BCUT2D eigenvalue weighted by atomic mass is 9.96. The zero-order valence-corrected chi connectivity index (χ0v) is 13.7. The van der Waals surface area contributed by atoms with Crippen LogP contribution in [0.15, 0.2) is 54.7 Å². The lowest BCUT2D eigenvalue weighted by Gasteiger charge is -2.13. The molecule has 0 atom stereocenters. The molecule has 0 saturated carbocycles. The third-order valence-electron chi connectivity index (χ3n) is 3.85. The maximum absolute atomic E-state index is 9.22. The molecule has 1 aromatic heterocycles. The van der Waals surface area contributed by atoms with Gasteiger partial charge >= 0.3 is 0 Å². The zero-order chi connectivity index (χ0) is 16.9. The van der Waals surface area contributed by atoms with Crippen molar-refractivity contribution >= 4 is 16.5 Å². The van der Waals surface area contributed by atoms with Gasteiger partial charge in [-0.25, -0.2) is 0 Å². The van der Waals surface area contributed by atoms with Crippen molar-refractivity contribution in [1.29, 1.82) is 5.26 Å². The van der Waals surface area contributed by atoms with Crippen LogP contribution in [0.3, 0.4) is 0 Å². The molecule has 0 bridgehead atoms. The van der Waals surface area contributed by atoms with Gasteiger partial charge in [-0.05, 0) is 53.3 Å². The predicted octanol–water partition coefficient (Wildman–Crippen LogP) is 4.53. The molecule has 120 valence electrons. The van der Waals surface area contributed by atoms with Crippen LogP contribution < -0.4 is 9.47 Å².